The molecule has 2 aliphatic rings. The number of carbonyl (C=O) groups is 2. The average Bonchev–Trinajstić information content (AvgIpc) is 3.11. The summed E-state index contributed by atoms with van der Waals surface area (Å²) >= 11 is 0. The normalized spacial score (nSPS) is 20.3. The highest BCUT2D eigenvalue weighted by atomic mass is 16.2. The van der Waals surface area contributed by atoms with Crippen LogP contribution in [-0.2, 0) is 22.7 Å². The first kappa shape index (κ1) is 19.6. The average molecular weight is 392 g/mol. The van der Waals surface area contributed by atoms with Crippen molar-refractivity contribution in [2.75, 3.05) is 32.7 Å². The van der Waals surface area contributed by atoms with Gasteiger partial charge in [-0.05, 0) is 18.1 Å². The Balaban J connectivity index is 1.28. The summed E-state index contributed by atoms with van der Waals surface area (Å²) in [5.74, 6) is 0.0318. The van der Waals surface area contributed by atoms with Crippen molar-refractivity contribution in [3.63, 3.8) is 0 Å². The van der Waals surface area contributed by atoms with Gasteiger partial charge in [0.05, 0.1) is 5.92 Å². The van der Waals surface area contributed by atoms with Crippen LogP contribution in [0.3, 0.4) is 0 Å². The lowest BCUT2D eigenvalue weighted by Gasteiger charge is -2.36. The molecule has 2 fully saturated rings. The van der Waals surface area contributed by atoms with E-state index in [0.29, 0.717) is 19.5 Å². The maximum atomic E-state index is 13.0. The molecule has 152 valence electrons. The fraction of sp³-hybridized carbons (Fsp3) is 0.417. The van der Waals surface area contributed by atoms with Crippen molar-refractivity contribution < 1.29 is 9.59 Å². The van der Waals surface area contributed by atoms with Crippen LogP contribution in [0.2, 0.25) is 0 Å². The van der Waals surface area contributed by atoms with E-state index < -0.39 is 0 Å². The van der Waals surface area contributed by atoms with Crippen LogP contribution in [0.5, 0.6) is 0 Å². The lowest BCUT2D eigenvalue weighted by Crippen LogP contribution is -2.50. The van der Waals surface area contributed by atoms with Crippen LogP contribution in [0, 0.1) is 12.8 Å². The minimum absolute atomic E-state index is 0.0895. The third kappa shape index (κ3) is 4.85. The molecule has 0 radical (unpaired) electrons. The minimum Gasteiger partial charge on any atom is -0.340 e. The summed E-state index contributed by atoms with van der Waals surface area (Å²) < 4.78 is 0. The summed E-state index contributed by atoms with van der Waals surface area (Å²) in [5.41, 5.74) is 3.63. The molecule has 0 aliphatic carbocycles. The minimum atomic E-state index is -0.200. The van der Waals surface area contributed by atoms with Crippen molar-refractivity contribution in [3.05, 3.63) is 71.3 Å². The number of hydrogen-bond acceptors (Lipinski definition) is 3. The maximum Gasteiger partial charge on any atom is 0.228 e. The Labute approximate surface area is 172 Å². The van der Waals surface area contributed by atoms with Gasteiger partial charge < -0.3 is 9.80 Å². The fourth-order valence-corrected chi connectivity index (χ4v) is 4.23. The second kappa shape index (κ2) is 8.78. The molecule has 0 aromatic heterocycles. The third-order valence-corrected chi connectivity index (χ3v) is 5.99. The molecule has 2 aromatic rings. The number of benzene rings is 2. The van der Waals surface area contributed by atoms with Gasteiger partial charge in [-0.25, -0.2) is 0 Å². The second-order valence-corrected chi connectivity index (χ2v) is 8.25. The Bertz CT molecular complexity index is 842. The van der Waals surface area contributed by atoms with Crippen LogP contribution in [0.25, 0.3) is 0 Å². The molecule has 29 heavy (non-hydrogen) atoms. The number of rotatable bonds is 5. The zero-order valence-electron chi connectivity index (χ0n) is 17.1. The molecule has 1 unspecified atom stereocenters. The largest absolute Gasteiger partial charge is 0.340 e. The Morgan fingerprint density at radius 3 is 2.24 bits per heavy atom. The number of hydrogen-bond donors (Lipinski definition) is 0. The second-order valence-electron chi connectivity index (χ2n) is 8.25. The third-order valence-electron chi connectivity index (χ3n) is 5.99. The van der Waals surface area contributed by atoms with E-state index in [-0.39, 0.29) is 17.7 Å². The van der Waals surface area contributed by atoms with Crippen molar-refractivity contribution >= 4 is 11.8 Å². The van der Waals surface area contributed by atoms with Gasteiger partial charge >= 0.3 is 0 Å². The molecule has 0 spiro atoms. The van der Waals surface area contributed by atoms with E-state index in [2.05, 4.69) is 60.4 Å². The van der Waals surface area contributed by atoms with E-state index in [9.17, 15) is 9.59 Å². The maximum absolute atomic E-state index is 13.0. The molecule has 2 heterocycles. The zero-order chi connectivity index (χ0) is 20.2. The molecule has 0 saturated carbocycles. The molecular weight excluding hydrogens is 362 g/mol. The highest BCUT2D eigenvalue weighted by molar-refractivity contribution is 5.89. The smallest absolute Gasteiger partial charge is 0.228 e. The van der Waals surface area contributed by atoms with E-state index in [4.69, 9.17) is 0 Å². The molecule has 5 nitrogen and oxygen atoms in total. The van der Waals surface area contributed by atoms with Crippen molar-refractivity contribution in [2.24, 2.45) is 5.92 Å². The van der Waals surface area contributed by atoms with Gasteiger partial charge in [0.15, 0.2) is 0 Å². The van der Waals surface area contributed by atoms with E-state index in [1.54, 1.807) is 0 Å². The first-order valence-electron chi connectivity index (χ1n) is 10.5. The summed E-state index contributed by atoms with van der Waals surface area (Å²) in [6, 6.07) is 18.7. The van der Waals surface area contributed by atoms with Gasteiger partial charge in [0.1, 0.15) is 0 Å². The van der Waals surface area contributed by atoms with E-state index in [1.807, 2.05) is 15.9 Å². The van der Waals surface area contributed by atoms with Gasteiger partial charge in [-0.15, -0.1) is 0 Å². The molecule has 4 rings (SSSR count). The molecule has 0 bridgehead atoms. The van der Waals surface area contributed by atoms with Gasteiger partial charge in [0.2, 0.25) is 11.8 Å². The van der Waals surface area contributed by atoms with Crippen LogP contribution in [-0.4, -0.2) is 59.2 Å². The lowest BCUT2D eigenvalue weighted by molar-refractivity contribution is -0.137. The predicted molar refractivity (Wildman–Crippen MR) is 113 cm³/mol. The van der Waals surface area contributed by atoms with Crippen molar-refractivity contribution in [3.8, 4) is 0 Å². The molecule has 2 saturated heterocycles. The van der Waals surface area contributed by atoms with E-state index in [1.165, 1.54) is 11.1 Å². The van der Waals surface area contributed by atoms with E-state index in [0.717, 1.165) is 38.3 Å². The summed E-state index contributed by atoms with van der Waals surface area (Å²) in [6.07, 6.45) is 0.342. The number of aryl methyl sites for hydroxylation is 1. The number of amides is 2. The first-order valence-corrected chi connectivity index (χ1v) is 10.5. The Morgan fingerprint density at radius 2 is 1.55 bits per heavy atom. The van der Waals surface area contributed by atoms with E-state index >= 15 is 0 Å². The van der Waals surface area contributed by atoms with Crippen LogP contribution in [0.15, 0.2) is 54.6 Å². The topological polar surface area (TPSA) is 43.9 Å². The number of likely N-dealkylation sites (tertiary alicyclic amines) is 1. The molecule has 5 heteroatoms. The number of piperazine rings is 1. The van der Waals surface area contributed by atoms with Gasteiger partial charge in [-0.1, -0.05) is 60.2 Å². The molecule has 2 amide bonds. The van der Waals surface area contributed by atoms with Crippen LogP contribution in [0.4, 0.5) is 0 Å². The summed E-state index contributed by atoms with van der Waals surface area (Å²) in [6.45, 7) is 7.36. The Hall–Kier alpha value is -2.66. The fourth-order valence-electron chi connectivity index (χ4n) is 4.23. The standard InChI is InChI=1S/C24H29N3O2/c1-19-7-9-21(10-8-19)17-27-18-22(15-23(27)28)24(29)26-13-11-25(12-14-26)16-20-5-3-2-4-6-20/h2-10,22H,11-18H2,1H3. The molecular formula is C24H29N3O2. The zero-order valence-corrected chi connectivity index (χ0v) is 17.1. The monoisotopic (exact) mass is 391 g/mol. The van der Waals surface area contributed by atoms with Gasteiger partial charge in [-0.2, -0.15) is 0 Å². The number of carbonyl (C=O) groups excluding carboxylic acids is 2. The predicted octanol–water partition coefficient (Wildman–Crippen LogP) is 2.69. The van der Waals surface area contributed by atoms with Crippen molar-refractivity contribution in [1.29, 1.82) is 0 Å². The van der Waals surface area contributed by atoms with Crippen molar-refractivity contribution in [1.82, 2.24) is 14.7 Å². The molecule has 2 aliphatic heterocycles. The SMILES string of the molecule is Cc1ccc(CN2CC(C(=O)N3CCN(Cc4ccccc4)CC3)CC2=O)cc1. The molecule has 0 N–H and O–H groups in total. The van der Waals surface area contributed by atoms with Gasteiger partial charge in [0, 0.05) is 52.2 Å². The Kier molecular flexibility index (Phi) is 5.95. The lowest BCUT2D eigenvalue weighted by atomic mass is 10.1. The molecule has 2 aromatic carbocycles. The first-order chi connectivity index (χ1) is 14.1. The highest BCUT2D eigenvalue weighted by Gasteiger charge is 2.37. The summed E-state index contributed by atoms with van der Waals surface area (Å²) in [5, 5.41) is 0. The highest BCUT2D eigenvalue weighted by Crippen LogP contribution is 2.23. The molecule has 1 atom stereocenters. The summed E-state index contributed by atoms with van der Waals surface area (Å²) in [7, 11) is 0. The number of nitrogens with zero attached hydrogens (tertiary/aromatic N) is 3. The van der Waals surface area contributed by atoms with Crippen molar-refractivity contribution in [2.45, 2.75) is 26.4 Å². The van der Waals surface area contributed by atoms with Crippen LogP contribution < -0.4 is 0 Å². The quantitative estimate of drug-likeness (QED) is 0.787. The Morgan fingerprint density at radius 1 is 0.897 bits per heavy atom. The van der Waals surface area contributed by atoms with Gasteiger partial charge in [-0.3, -0.25) is 14.5 Å². The van der Waals surface area contributed by atoms with Gasteiger partial charge in [0.25, 0.3) is 0 Å². The van der Waals surface area contributed by atoms with Crippen LogP contribution in [0.1, 0.15) is 23.1 Å². The van der Waals surface area contributed by atoms with Crippen LogP contribution >= 0.6 is 0 Å². The summed E-state index contributed by atoms with van der Waals surface area (Å²) in [4.78, 5) is 31.6.